The van der Waals surface area contributed by atoms with Gasteiger partial charge in [0.2, 0.25) is 5.65 Å². The predicted molar refractivity (Wildman–Crippen MR) is 89.6 cm³/mol. The summed E-state index contributed by atoms with van der Waals surface area (Å²) in [6, 6.07) is 11.3. The van der Waals surface area contributed by atoms with Crippen LogP contribution in [0.4, 0.5) is 11.6 Å². The molecule has 8 heteroatoms. The van der Waals surface area contributed by atoms with Crippen molar-refractivity contribution < 1.29 is 9.66 Å². The van der Waals surface area contributed by atoms with E-state index in [1.807, 2.05) is 43.1 Å². The van der Waals surface area contributed by atoms with Gasteiger partial charge < -0.3 is 19.8 Å². The molecule has 0 amide bonds. The highest BCUT2D eigenvalue weighted by atomic mass is 16.6. The Balaban J connectivity index is 1.67. The minimum Gasteiger partial charge on any atom is -0.492 e. The number of ether oxygens (including phenoxy) is 1. The van der Waals surface area contributed by atoms with E-state index in [4.69, 9.17) is 4.74 Å². The second kappa shape index (κ2) is 6.53. The van der Waals surface area contributed by atoms with E-state index in [-0.39, 0.29) is 5.82 Å². The molecule has 2 heterocycles. The maximum Gasteiger partial charge on any atom is 0.368 e. The second-order valence-electron chi connectivity index (χ2n) is 5.42. The van der Waals surface area contributed by atoms with Gasteiger partial charge in [-0.15, -0.1) is 0 Å². The highest BCUT2D eigenvalue weighted by Gasteiger charge is 2.17. The average Bonchev–Trinajstić information content (AvgIpc) is 3.00. The molecule has 0 N–H and O–H groups in total. The number of fused-ring (bicyclic) bond motifs is 1. The van der Waals surface area contributed by atoms with Gasteiger partial charge in [0.05, 0.1) is 6.54 Å². The molecular formula is C16H17N5O3. The molecular weight excluding hydrogens is 310 g/mol. The van der Waals surface area contributed by atoms with Gasteiger partial charge in [0.1, 0.15) is 18.6 Å². The fourth-order valence-corrected chi connectivity index (χ4v) is 2.23. The molecule has 0 spiro atoms. The lowest BCUT2D eigenvalue weighted by molar-refractivity contribution is -0.391. The summed E-state index contributed by atoms with van der Waals surface area (Å²) in [5, 5.41) is 15.3. The number of anilines is 1. The van der Waals surface area contributed by atoms with Crippen molar-refractivity contribution in [3.63, 3.8) is 0 Å². The van der Waals surface area contributed by atoms with E-state index in [2.05, 4.69) is 10.1 Å². The zero-order chi connectivity index (χ0) is 17.1. The van der Waals surface area contributed by atoms with Gasteiger partial charge in [0, 0.05) is 13.1 Å². The van der Waals surface area contributed by atoms with E-state index in [0.29, 0.717) is 24.6 Å². The second-order valence-corrected chi connectivity index (χ2v) is 5.42. The fraction of sp³-hybridized carbons (Fsp3) is 0.250. The lowest BCUT2D eigenvalue weighted by atomic mass is 10.2. The van der Waals surface area contributed by atoms with Gasteiger partial charge >= 0.3 is 5.82 Å². The Hall–Kier alpha value is -3.16. The van der Waals surface area contributed by atoms with Crippen LogP contribution in [0.5, 0.6) is 5.75 Å². The molecule has 0 unspecified atom stereocenters. The number of aromatic nitrogens is 3. The van der Waals surface area contributed by atoms with Gasteiger partial charge in [-0.05, 0) is 30.0 Å². The summed E-state index contributed by atoms with van der Waals surface area (Å²) in [7, 11) is 1.86. The van der Waals surface area contributed by atoms with Gasteiger partial charge in [0.25, 0.3) is 0 Å². The monoisotopic (exact) mass is 327 g/mol. The summed E-state index contributed by atoms with van der Waals surface area (Å²) in [6.45, 7) is 3.09. The minimum atomic E-state index is -0.503. The maximum absolute atomic E-state index is 11.0. The molecule has 0 aliphatic heterocycles. The van der Waals surface area contributed by atoms with Crippen molar-refractivity contribution in [1.29, 1.82) is 0 Å². The summed E-state index contributed by atoms with van der Waals surface area (Å²) in [5.74, 6) is 1.26. The summed E-state index contributed by atoms with van der Waals surface area (Å²) in [5.41, 5.74) is 1.62. The number of hydrogen-bond acceptors (Lipinski definition) is 6. The molecule has 8 nitrogen and oxygen atoms in total. The van der Waals surface area contributed by atoms with E-state index in [0.717, 1.165) is 5.75 Å². The first-order chi connectivity index (χ1) is 11.5. The number of hydrogen-bond donors (Lipinski definition) is 0. The van der Waals surface area contributed by atoms with Crippen LogP contribution in [0, 0.1) is 17.0 Å². The minimum absolute atomic E-state index is 0.156. The molecule has 0 radical (unpaired) electrons. The SMILES string of the molecule is Cc1ccc(OCCN(C)c2ccc3ncc([N+](=O)[O-])n3n2)cc1. The highest BCUT2D eigenvalue weighted by molar-refractivity contribution is 5.49. The average molecular weight is 327 g/mol. The fourth-order valence-electron chi connectivity index (χ4n) is 2.23. The van der Waals surface area contributed by atoms with Crippen molar-refractivity contribution in [2.75, 3.05) is 25.1 Å². The molecule has 0 aliphatic rings. The standard InChI is InChI=1S/C16H17N5O3/c1-12-3-5-13(6-4-12)24-10-9-19(2)15-8-7-14-17-11-16(21(22)23)20(14)18-15/h3-8,11H,9-10H2,1-2H3. The van der Waals surface area contributed by atoms with Crippen LogP contribution in [0.1, 0.15) is 5.56 Å². The number of nitrogens with zero attached hydrogens (tertiary/aromatic N) is 5. The number of aryl methyl sites for hydroxylation is 1. The first-order valence-electron chi connectivity index (χ1n) is 7.44. The molecule has 0 atom stereocenters. The number of nitro groups is 1. The molecule has 3 aromatic rings. The lowest BCUT2D eigenvalue weighted by Gasteiger charge is -2.17. The Morgan fingerprint density at radius 1 is 1.25 bits per heavy atom. The van der Waals surface area contributed by atoms with Gasteiger partial charge in [-0.1, -0.05) is 27.3 Å². The molecule has 0 saturated carbocycles. The van der Waals surface area contributed by atoms with Crippen LogP contribution in [0.25, 0.3) is 5.65 Å². The smallest absolute Gasteiger partial charge is 0.368 e. The Labute approximate surface area is 138 Å². The van der Waals surface area contributed by atoms with E-state index in [1.54, 1.807) is 12.1 Å². The van der Waals surface area contributed by atoms with Crippen molar-refractivity contribution in [2.45, 2.75) is 6.92 Å². The molecule has 0 fully saturated rings. The topological polar surface area (TPSA) is 85.8 Å². The van der Waals surface area contributed by atoms with Gasteiger partial charge in [0.15, 0.2) is 5.82 Å². The van der Waals surface area contributed by atoms with Crippen LogP contribution in [0.2, 0.25) is 0 Å². The van der Waals surface area contributed by atoms with Gasteiger partial charge in [-0.2, -0.15) is 0 Å². The van der Waals surface area contributed by atoms with Crippen molar-refractivity contribution in [2.24, 2.45) is 0 Å². The van der Waals surface area contributed by atoms with Gasteiger partial charge in [-0.25, -0.2) is 4.98 Å². The molecule has 0 saturated heterocycles. The molecule has 2 aromatic heterocycles. The van der Waals surface area contributed by atoms with Crippen LogP contribution in [0.15, 0.2) is 42.6 Å². The van der Waals surface area contributed by atoms with Crippen LogP contribution in [-0.4, -0.2) is 39.7 Å². The molecule has 3 rings (SSSR count). The van der Waals surface area contributed by atoms with Crippen LogP contribution >= 0.6 is 0 Å². The molecule has 1 aromatic carbocycles. The first kappa shape index (κ1) is 15.7. The lowest BCUT2D eigenvalue weighted by Crippen LogP contribution is -2.25. The number of imidazole rings is 1. The molecule has 124 valence electrons. The zero-order valence-electron chi connectivity index (χ0n) is 13.4. The maximum atomic E-state index is 11.0. The van der Waals surface area contributed by atoms with Crippen molar-refractivity contribution in [1.82, 2.24) is 14.6 Å². The Morgan fingerprint density at radius 2 is 2.00 bits per heavy atom. The van der Waals surface area contributed by atoms with Gasteiger partial charge in [-0.3, -0.25) is 0 Å². The van der Waals surface area contributed by atoms with Crippen LogP contribution in [0.3, 0.4) is 0 Å². The summed E-state index contributed by atoms with van der Waals surface area (Å²) in [6.07, 6.45) is 1.20. The summed E-state index contributed by atoms with van der Waals surface area (Å²) < 4.78 is 6.92. The largest absolute Gasteiger partial charge is 0.492 e. The van der Waals surface area contributed by atoms with E-state index >= 15 is 0 Å². The van der Waals surface area contributed by atoms with E-state index in [1.165, 1.54) is 16.3 Å². The highest BCUT2D eigenvalue weighted by Crippen LogP contribution is 2.17. The molecule has 0 bridgehead atoms. The third kappa shape index (κ3) is 3.27. The zero-order valence-corrected chi connectivity index (χ0v) is 13.4. The summed E-state index contributed by atoms with van der Waals surface area (Å²) >= 11 is 0. The Bertz CT molecular complexity index is 860. The predicted octanol–water partition coefficient (Wildman–Crippen LogP) is 2.46. The van der Waals surface area contributed by atoms with Crippen molar-refractivity contribution in [3.8, 4) is 5.75 Å². The van der Waals surface area contributed by atoms with E-state index in [9.17, 15) is 10.1 Å². The third-order valence-corrected chi connectivity index (χ3v) is 3.62. The quantitative estimate of drug-likeness (QED) is 0.510. The Kier molecular flexibility index (Phi) is 4.28. The Morgan fingerprint density at radius 3 is 2.71 bits per heavy atom. The number of rotatable bonds is 6. The first-order valence-corrected chi connectivity index (χ1v) is 7.44. The van der Waals surface area contributed by atoms with Crippen LogP contribution < -0.4 is 9.64 Å². The normalized spacial score (nSPS) is 10.8. The number of likely N-dealkylation sites (N-methyl/N-ethyl adjacent to an activating group) is 1. The van der Waals surface area contributed by atoms with Crippen molar-refractivity contribution >= 4 is 17.3 Å². The molecule has 0 aliphatic carbocycles. The molecule has 24 heavy (non-hydrogen) atoms. The van der Waals surface area contributed by atoms with E-state index < -0.39 is 4.92 Å². The van der Waals surface area contributed by atoms with Crippen LogP contribution in [-0.2, 0) is 0 Å². The third-order valence-electron chi connectivity index (χ3n) is 3.62. The number of benzene rings is 1. The van der Waals surface area contributed by atoms with Crippen molar-refractivity contribution in [3.05, 3.63) is 58.3 Å². The summed E-state index contributed by atoms with van der Waals surface area (Å²) in [4.78, 5) is 16.3.